The first-order valence-corrected chi connectivity index (χ1v) is 5.04. The molecule has 0 aliphatic rings. The lowest BCUT2D eigenvalue weighted by Crippen LogP contribution is -2.48. The number of carbonyl (C=O) groups is 2. The molecule has 15 heavy (non-hydrogen) atoms. The number of aliphatic hydroxyl groups is 1. The molecule has 0 aliphatic carbocycles. The summed E-state index contributed by atoms with van der Waals surface area (Å²) in [6.45, 7) is 4.53. The third kappa shape index (κ3) is 6.87. The predicted molar refractivity (Wildman–Crippen MR) is 56.4 cm³/mol. The minimum absolute atomic E-state index is 0.0810. The summed E-state index contributed by atoms with van der Waals surface area (Å²) in [6.07, 6.45) is 0.582. The highest BCUT2D eigenvalue weighted by molar-refractivity contribution is 5.96. The van der Waals surface area contributed by atoms with Gasteiger partial charge in [-0.3, -0.25) is 10.1 Å². The predicted octanol–water partition coefficient (Wildman–Crippen LogP) is -0.807. The summed E-state index contributed by atoms with van der Waals surface area (Å²) in [5, 5.41) is 16.1. The van der Waals surface area contributed by atoms with Crippen molar-refractivity contribution in [3.05, 3.63) is 0 Å². The van der Waals surface area contributed by atoms with Gasteiger partial charge in [-0.05, 0) is 26.8 Å². The van der Waals surface area contributed by atoms with Crippen LogP contribution < -0.4 is 16.0 Å². The van der Waals surface area contributed by atoms with E-state index in [2.05, 4.69) is 16.0 Å². The first kappa shape index (κ1) is 13.9. The lowest BCUT2D eigenvalue weighted by Gasteiger charge is -2.12. The van der Waals surface area contributed by atoms with E-state index in [9.17, 15) is 9.59 Å². The van der Waals surface area contributed by atoms with Gasteiger partial charge in [0, 0.05) is 13.2 Å². The fraction of sp³-hybridized carbons (Fsp3) is 0.778. The van der Waals surface area contributed by atoms with E-state index in [0.29, 0.717) is 19.5 Å². The molecule has 0 aromatic heterocycles. The average Bonchev–Trinajstić information content (AvgIpc) is 2.18. The summed E-state index contributed by atoms with van der Waals surface area (Å²) in [7, 11) is 0. The van der Waals surface area contributed by atoms with Gasteiger partial charge in [0.15, 0.2) is 0 Å². The largest absolute Gasteiger partial charge is 0.396 e. The van der Waals surface area contributed by atoms with Crippen LogP contribution in [0.25, 0.3) is 0 Å². The molecule has 0 rings (SSSR count). The average molecular weight is 217 g/mol. The van der Waals surface area contributed by atoms with Crippen molar-refractivity contribution in [1.82, 2.24) is 16.0 Å². The molecule has 0 aromatic carbocycles. The first-order valence-electron chi connectivity index (χ1n) is 5.04. The van der Waals surface area contributed by atoms with Crippen LogP contribution in [0.5, 0.6) is 0 Å². The highest BCUT2D eigenvalue weighted by Gasteiger charge is 2.13. The fourth-order valence-corrected chi connectivity index (χ4v) is 0.915. The Morgan fingerprint density at radius 1 is 1.40 bits per heavy atom. The summed E-state index contributed by atoms with van der Waals surface area (Å²) in [5.74, 6) is -0.376. The number of amides is 3. The second-order valence-corrected chi connectivity index (χ2v) is 3.10. The summed E-state index contributed by atoms with van der Waals surface area (Å²) in [5.41, 5.74) is 0. The smallest absolute Gasteiger partial charge is 0.321 e. The summed E-state index contributed by atoms with van der Waals surface area (Å²) < 4.78 is 0. The Kier molecular flexibility index (Phi) is 7.57. The maximum absolute atomic E-state index is 11.3. The zero-order valence-corrected chi connectivity index (χ0v) is 9.17. The van der Waals surface area contributed by atoms with Crippen molar-refractivity contribution in [3.63, 3.8) is 0 Å². The number of nitrogens with one attached hydrogen (secondary N) is 3. The van der Waals surface area contributed by atoms with Crippen molar-refractivity contribution in [2.75, 3.05) is 19.7 Å². The van der Waals surface area contributed by atoms with Crippen LogP contribution in [0.2, 0.25) is 0 Å². The minimum atomic E-state index is -0.488. The van der Waals surface area contributed by atoms with Crippen molar-refractivity contribution in [2.45, 2.75) is 26.3 Å². The molecule has 0 saturated carbocycles. The topological polar surface area (TPSA) is 90.5 Å². The number of aliphatic hydroxyl groups excluding tert-OH is 1. The van der Waals surface area contributed by atoms with Gasteiger partial charge in [0.1, 0.15) is 0 Å². The van der Waals surface area contributed by atoms with Crippen molar-refractivity contribution in [1.29, 1.82) is 0 Å². The van der Waals surface area contributed by atoms with E-state index in [1.165, 1.54) is 0 Å². The maximum atomic E-state index is 11.3. The van der Waals surface area contributed by atoms with E-state index < -0.39 is 12.1 Å². The monoisotopic (exact) mass is 217 g/mol. The molecule has 6 nitrogen and oxygen atoms in total. The van der Waals surface area contributed by atoms with Crippen LogP contribution in [0.4, 0.5) is 4.79 Å². The molecule has 0 spiro atoms. The molecule has 1 atom stereocenters. The molecule has 0 bridgehead atoms. The van der Waals surface area contributed by atoms with E-state index in [1.807, 2.05) is 0 Å². The van der Waals surface area contributed by atoms with Crippen molar-refractivity contribution in [2.24, 2.45) is 0 Å². The van der Waals surface area contributed by atoms with Gasteiger partial charge in [0.2, 0.25) is 5.91 Å². The van der Waals surface area contributed by atoms with Crippen molar-refractivity contribution < 1.29 is 14.7 Å². The molecule has 6 heteroatoms. The summed E-state index contributed by atoms with van der Waals surface area (Å²) >= 11 is 0. The molecular weight excluding hydrogens is 198 g/mol. The van der Waals surface area contributed by atoms with Crippen molar-refractivity contribution >= 4 is 11.9 Å². The van der Waals surface area contributed by atoms with Crippen LogP contribution in [-0.2, 0) is 4.79 Å². The Balaban J connectivity index is 3.73. The lowest BCUT2D eigenvalue weighted by molar-refractivity contribution is -0.121. The zero-order valence-electron chi connectivity index (χ0n) is 9.17. The van der Waals surface area contributed by atoms with E-state index >= 15 is 0 Å². The van der Waals surface area contributed by atoms with Gasteiger partial charge in [-0.25, -0.2) is 4.79 Å². The normalized spacial score (nSPS) is 11.9. The van der Waals surface area contributed by atoms with Gasteiger partial charge in [-0.2, -0.15) is 0 Å². The lowest BCUT2D eigenvalue weighted by atomic mass is 10.3. The van der Waals surface area contributed by atoms with Gasteiger partial charge in [-0.1, -0.05) is 0 Å². The number of imide groups is 1. The molecule has 1 unspecified atom stereocenters. The Labute approximate surface area is 89.4 Å². The van der Waals surface area contributed by atoms with Crippen LogP contribution in [0.15, 0.2) is 0 Å². The highest BCUT2D eigenvalue weighted by Crippen LogP contribution is 1.83. The number of rotatable bonds is 6. The van der Waals surface area contributed by atoms with Crippen LogP contribution >= 0.6 is 0 Å². The van der Waals surface area contributed by atoms with Gasteiger partial charge >= 0.3 is 6.03 Å². The SMILES string of the molecule is CCNC(=O)NC(=O)C(C)NCCCO. The van der Waals surface area contributed by atoms with E-state index in [4.69, 9.17) is 5.11 Å². The molecule has 0 aliphatic heterocycles. The number of hydrogen-bond acceptors (Lipinski definition) is 4. The van der Waals surface area contributed by atoms with E-state index in [-0.39, 0.29) is 12.5 Å². The zero-order chi connectivity index (χ0) is 11.7. The quantitative estimate of drug-likeness (QED) is 0.438. The second kappa shape index (κ2) is 8.19. The van der Waals surface area contributed by atoms with Gasteiger partial charge in [0.05, 0.1) is 6.04 Å². The Bertz CT molecular complexity index is 209. The summed E-state index contributed by atoms with van der Waals surface area (Å²) in [4.78, 5) is 22.3. The standard InChI is InChI=1S/C9H19N3O3/c1-3-10-9(15)12-8(14)7(2)11-5-4-6-13/h7,11,13H,3-6H2,1-2H3,(H2,10,12,14,15). The first-order chi connectivity index (χ1) is 7.11. The molecule has 0 radical (unpaired) electrons. The molecule has 0 fully saturated rings. The molecule has 4 N–H and O–H groups in total. The van der Waals surface area contributed by atoms with Crippen molar-refractivity contribution in [3.8, 4) is 0 Å². The Morgan fingerprint density at radius 3 is 2.60 bits per heavy atom. The molecule has 0 heterocycles. The number of carbonyl (C=O) groups excluding carboxylic acids is 2. The highest BCUT2D eigenvalue weighted by atomic mass is 16.3. The molecular formula is C9H19N3O3. The van der Waals surface area contributed by atoms with E-state index in [0.717, 1.165) is 0 Å². The van der Waals surface area contributed by atoms with Gasteiger partial charge in [-0.15, -0.1) is 0 Å². The minimum Gasteiger partial charge on any atom is -0.396 e. The fourth-order valence-electron chi connectivity index (χ4n) is 0.915. The molecule has 0 aromatic rings. The Hall–Kier alpha value is -1.14. The number of urea groups is 1. The van der Waals surface area contributed by atoms with Crippen LogP contribution in [-0.4, -0.2) is 42.8 Å². The summed E-state index contributed by atoms with van der Waals surface area (Å²) in [6, 6.07) is -0.933. The third-order valence-corrected chi connectivity index (χ3v) is 1.75. The molecule has 3 amide bonds. The second-order valence-electron chi connectivity index (χ2n) is 3.10. The van der Waals surface area contributed by atoms with Gasteiger partial charge in [0.25, 0.3) is 0 Å². The maximum Gasteiger partial charge on any atom is 0.321 e. The molecule has 0 saturated heterocycles. The van der Waals surface area contributed by atoms with Crippen LogP contribution in [0, 0.1) is 0 Å². The molecule has 88 valence electrons. The number of hydrogen-bond donors (Lipinski definition) is 4. The third-order valence-electron chi connectivity index (χ3n) is 1.75. The Morgan fingerprint density at radius 2 is 2.07 bits per heavy atom. The van der Waals surface area contributed by atoms with Crippen LogP contribution in [0.1, 0.15) is 20.3 Å². The van der Waals surface area contributed by atoms with E-state index in [1.54, 1.807) is 13.8 Å². The van der Waals surface area contributed by atoms with Gasteiger partial charge < -0.3 is 15.7 Å². The van der Waals surface area contributed by atoms with Crippen LogP contribution in [0.3, 0.4) is 0 Å².